The molecule has 0 saturated carbocycles. The molecule has 0 aliphatic carbocycles. The van der Waals surface area contributed by atoms with Crippen LogP contribution in [-0.2, 0) is 17.9 Å². The first-order valence-electron chi connectivity index (χ1n) is 9.96. The number of pyridine rings is 1. The van der Waals surface area contributed by atoms with Crippen LogP contribution in [0.5, 0.6) is 0 Å². The average Bonchev–Trinajstić information content (AvgIpc) is 3.11. The van der Waals surface area contributed by atoms with Gasteiger partial charge in [-0.25, -0.2) is 9.48 Å². The van der Waals surface area contributed by atoms with Crippen molar-refractivity contribution in [3.05, 3.63) is 105 Å². The van der Waals surface area contributed by atoms with E-state index < -0.39 is 0 Å². The molecule has 9 nitrogen and oxygen atoms in total. The minimum atomic E-state index is -0.284. The number of rotatable bonds is 5. The standard InChI is InChI=1S/C23H18N6O3/c30-20-13-24-28(19-9-2-1-8-18(19)20)15-22(31)25-17-7-5-6-16(12-17)14-29-23(32)27-11-4-3-10-21(27)26-29/h1-13H,14-15H2,(H,25,31). The molecule has 9 heteroatoms. The molecule has 158 valence electrons. The van der Waals surface area contributed by atoms with Gasteiger partial charge in [-0.2, -0.15) is 5.10 Å². The number of aromatic nitrogens is 5. The van der Waals surface area contributed by atoms with Gasteiger partial charge in [0.1, 0.15) is 6.54 Å². The number of carbonyl (C=O) groups is 1. The largest absolute Gasteiger partial charge is 0.350 e. The van der Waals surface area contributed by atoms with Crippen LogP contribution < -0.4 is 16.4 Å². The monoisotopic (exact) mass is 426 g/mol. The summed E-state index contributed by atoms with van der Waals surface area (Å²) in [6.07, 6.45) is 2.88. The van der Waals surface area contributed by atoms with Crippen molar-refractivity contribution >= 4 is 28.1 Å². The van der Waals surface area contributed by atoms with Gasteiger partial charge in [0.15, 0.2) is 5.65 Å². The SMILES string of the molecule is O=C(Cn1ncc(=O)c2ccccc21)Nc1cccc(Cn2nc3ccccn3c2=O)c1. The van der Waals surface area contributed by atoms with Gasteiger partial charge >= 0.3 is 5.69 Å². The third-order valence-electron chi connectivity index (χ3n) is 5.09. The first kappa shape index (κ1) is 19.4. The van der Waals surface area contributed by atoms with E-state index in [-0.39, 0.29) is 30.1 Å². The molecule has 32 heavy (non-hydrogen) atoms. The highest BCUT2D eigenvalue weighted by atomic mass is 16.2. The van der Waals surface area contributed by atoms with Crippen molar-refractivity contribution in [2.45, 2.75) is 13.1 Å². The number of carbonyl (C=O) groups excluding carboxylic acids is 1. The Labute approximate surface area is 181 Å². The molecule has 1 amide bonds. The van der Waals surface area contributed by atoms with Gasteiger partial charge in [-0.3, -0.25) is 18.7 Å². The highest BCUT2D eigenvalue weighted by Gasteiger charge is 2.10. The van der Waals surface area contributed by atoms with Crippen LogP contribution in [0.15, 0.2) is 88.7 Å². The van der Waals surface area contributed by atoms with E-state index in [1.807, 2.05) is 12.1 Å². The molecule has 0 spiro atoms. The van der Waals surface area contributed by atoms with Gasteiger partial charge in [0.2, 0.25) is 11.3 Å². The molecule has 3 aromatic heterocycles. The van der Waals surface area contributed by atoms with E-state index in [1.54, 1.807) is 60.8 Å². The summed E-state index contributed by atoms with van der Waals surface area (Å²) in [6, 6.07) is 19.6. The molecule has 0 saturated heterocycles. The third kappa shape index (κ3) is 3.67. The Kier molecular flexibility index (Phi) is 4.83. The van der Waals surface area contributed by atoms with E-state index in [4.69, 9.17) is 0 Å². The lowest BCUT2D eigenvalue weighted by atomic mass is 10.2. The summed E-state index contributed by atoms with van der Waals surface area (Å²) in [5.41, 5.74) is 2.16. The summed E-state index contributed by atoms with van der Waals surface area (Å²) in [6.45, 7) is 0.229. The van der Waals surface area contributed by atoms with Crippen LogP contribution in [0, 0.1) is 0 Å². The van der Waals surface area contributed by atoms with Gasteiger partial charge in [-0.15, -0.1) is 5.10 Å². The zero-order valence-electron chi connectivity index (χ0n) is 16.9. The lowest BCUT2D eigenvalue weighted by Gasteiger charge is -2.10. The molecule has 0 fully saturated rings. The Morgan fingerprint density at radius 2 is 1.78 bits per heavy atom. The van der Waals surface area contributed by atoms with E-state index in [0.29, 0.717) is 22.2 Å². The van der Waals surface area contributed by atoms with E-state index in [2.05, 4.69) is 15.5 Å². The molecular formula is C23H18N6O3. The number of nitrogens with zero attached hydrogens (tertiary/aromatic N) is 5. The van der Waals surface area contributed by atoms with E-state index in [0.717, 1.165) is 5.56 Å². The number of benzene rings is 2. The summed E-state index contributed by atoms with van der Waals surface area (Å²) in [5, 5.41) is 11.8. The Morgan fingerprint density at radius 3 is 2.66 bits per heavy atom. The number of hydrogen-bond donors (Lipinski definition) is 1. The predicted octanol–water partition coefficient (Wildman–Crippen LogP) is 1.89. The molecule has 3 heterocycles. The molecule has 0 radical (unpaired) electrons. The number of fused-ring (bicyclic) bond motifs is 2. The smallest absolute Gasteiger partial charge is 0.324 e. The second-order valence-electron chi connectivity index (χ2n) is 7.30. The highest BCUT2D eigenvalue weighted by Crippen LogP contribution is 2.13. The molecule has 0 bridgehead atoms. The Morgan fingerprint density at radius 1 is 0.938 bits per heavy atom. The molecule has 2 aromatic carbocycles. The first-order chi connectivity index (χ1) is 15.6. The van der Waals surface area contributed by atoms with Crippen LogP contribution >= 0.6 is 0 Å². The second-order valence-corrected chi connectivity index (χ2v) is 7.30. The summed E-state index contributed by atoms with van der Waals surface area (Å²) in [5.74, 6) is -0.284. The maximum absolute atomic E-state index is 12.6. The van der Waals surface area contributed by atoms with Crippen LogP contribution in [0.3, 0.4) is 0 Å². The predicted molar refractivity (Wildman–Crippen MR) is 120 cm³/mol. The van der Waals surface area contributed by atoms with Crippen molar-refractivity contribution in [2.24, 2.45) is 0 Å². The van der Waals surface area contributed by atoms with Crippen LogP contribution in [0.1, 0.15) is 5.56 Å². The Balaban J connectivity index is 1.34. The zero-order valence-corrected chi connectivity index (χ0v) is 16.9. The fourth-order valence-corrected chi connectivity index (χ4v) is 3.61. The molecule has 5 rings (SSSR count). The number of nitrogens with one attached hydrogen (secondary N) is 1. The molecular weight excluding hydrogens is 408 g/mol. The summed E-state index contributed by atoms with van der Waals surface area (Å²) in [4.78, 5) is 37.1. The number of hydrogen-bond acceptors (Lipinski definition) is 5. The number of para-hydroxylation sites is 1. The molecule has 0 unspecified atom stereocenters. The normalized spacial score (nSPS) is 11.1. The molecule has 0 aliphatic heterocycles. The van der Waals surface area contributed by atoms with E-state index >= 15 is 0 Å². The lowest BCUT2D eigenvalue weighted by molar-refractivity contribution is -0.116. The number of anilines is 1. The van der Waals surface area contributed by atoms with Gasteiger partial charge < -0.3 is 5.32 Å². The average molecular weight is 426 g/mol. The highest BCUT2D eigenvalue weighted by molar-refractivity contribution is 5.91. The summed E-state index contributed by atoms with van der Waals surface area (Å²) in [7, 11) is 0. The van der Waals surface area contributed by atoms with Gasteiger partial charge in [-0.05, 0) is 42.0 Å². The molecule has 5 aromatic rings. The van der Waals surface area contributed by atoms with Crippen LogP contribution in [0.25, 0.3) is 16.6 Å². The minimum absolute atomic E-state index is 0.0447. The number of amides is 1. The summed E-state index contributed by atoms with van der Waals surface area (Å²) >= 11 is 0. The second kappa shape index (κ2) is 7.95. The quantitative estimate of drug-likeness (QED) is 0.462. The van der Waals surface area contributed by atoms with Crippen LogP contribution in [0.2, 0.25) is 0 Å². The van der Waals surface area contributed by atoms with Crippen molar-refractivity contribution in [1.29, 1.82) is 0 Å². The van der Waals surface area contributed by atoms with Crippen LogP contribution in [-0.4, -0.2) is 29.9 Å². The molecule has 0 atom stereocenters. The first-order valence-corrected chi connectivity index (χ1v) is 9.96. The van der Waals surface area contributed by atoms with Crippen molar-refractivity contribution in [1.82, 2.24) is 24.0 Å². The van der Waals surface area contributed by atoms with Crippen molar-refractivity contribution in [3.63, 3.8) is 0 Å². The minimum Gasteiger partial charge on any atom is -0.324 e. The summed E-state index contributed by atoms with van der Waals surface area (Å²) < 4.78 is 4.35. The topological polar surface area (TPSA) is 103 Å². The van der Waals surface area contributed by atoms with Gasteiger partial charge in [0.25, 0.3) is 0 Å². The maximum Gasteiger partial charge on any atom is 0.350 e. The van der Waals surface area contributed by atoms with Crippen molar-refractivity contribution in [2.75, 3.05) is 5.32 Å². The van der Waals surface area contributed by atoms with E-state index in [9.17, 15) is 14.4 Å². The third-order valence-corrected chi connectivity index (χ3v) is 5.09. The molecule has 1 N–H and O–H groups in total. The van der Waals surface area contributed by atoms with Crippen LogP contribution in [0.4, 0.5) is 5.69 Å². The van der Waals surface area contributed by atoms with Gasteiger partial charge in [-0.1, -0.05) is 30.3 Å². The van der Waals surface area contributed by atoms with Crippen molar-refractivity contribution < 1.29 is 4.79 Å². The Bertz CT molecular complexity index is 1580. The van der Waals surface area contributed by atoms with Crippen molar-refractivity contribution in [3.8, 4) is 0 Å². The molecule has 0 aliphatic rings. The van der Waals surface area contributed by atoms with Gasteiger partial charge in [0.05, 0.1) is 18.3 Å². The fraction of sp³-hybridized carbons (Fsp3) is 0.0870. The Hall–Kier alpha value is -4.53. The van der Waals surface area contributed by atoms with E-state index in [1.165, 1.54) is 20.0 Å². The lowest BCUT2D eigenvalue weighted by Crippen LogP contribution is -2.23. The zero-order chi connectivity index (χ0) is 22.1. The maximum atomic E-state index is 12.6. The van der Waals surface area contributed by atoms with Gasteiger partial charge in [0, 0.05) is 17.3 Å². The fourth-order valence-electron chi connectivity index (χ4n) is 3.61.